The van der Waals surface area contributed by atoms with Crippen LogP contribution in [0.2, 0.25) is 5.02 Å². The fraction of sp³-hybridized carbons (Fsp3) is 0.786. The van der Waals surface area contributed by atoms with E-state index in [-0.39, 0.29) is 0 Å². The number of nitrogens with zero attached hydrogens (tertiary/aromatic N) is 2. The maximum absolute atomic E-state index is 10.9. The van der Waals surface area contributed by atoms with E-state index in [0.29, 0.717) is 18.2 Å². The molecule has 1 aliphatic carbocycles. The molecule has 108 valence electrons. The number of aliphatic hydroxyl groups is 1. The molecule has 0 aliphatic heterocycles. The molecular weight excluding hydrogens is 264 g/mol. The van der Waals surface area contributed by atoms with E-state index in [2.05, 4.69) is 12.0 Å². The zero-order valence-electron chi connectivity index (χ0n) is 11.7. The Morgan fingerprint density at radius 2 is 2.21 bits per heavy atom. The average Bonchev–Trinajstić information content (AvgIpc) is 2.79. The van der Waals surface area contributed by atoms with Gasteiger partial charge < -0.3 is 9.84 Å². The van der Waals surface area contributed by atoms with E-state index in [0.717, 1.165) is 37.3 Å². The molecule has 0 atom stereocenters. The van der Waals surface area contributed by atoms with Crippen LogP contribution >= 0.6 is 11.6 Å². The minimum atomic E-state index is -0.826. The monoisotopic (exact) mass is 286 g/mol. The number of ether oxygens (including phenoxy) is 1. The van der Waals surface area contributed by atoms with Crippen LogP contribution in [0.15, 0.2) is 6.20 Å². The predicted octanol–water partition coefficient (Wildman–Crippen LogP) is 2.97. The van der Waals surface area contributed by atoms with Crippen LogP contribution in [0.5, 0.6) is 0 Å². The van der Waals surface area contributed by atoms with Crippen LogP contribution in [-0.4, -0.2) is 28.6 Å². The molecule has 0 bridgehead atoms. The fourth-order valence-electron chi connectivity index (χ4n) is 2.97. The van der Waals surface area contributed by atoms with Crippen LogP contribution in [0.4, 0.5) is 0 Å². The summed E-state index contributed by atoms with van der Waals surface area (Å²) in [6.45, 7) is 3.40. The molecule has 19 heavy (non-hydrogen) atoms. The maximum atomic E-state index is 10.9. The molecule has 5 heteroatoms. The number of hydrogen-bond donors (Lipinski definition) is 1. The Kier molecular flexibility index (Phi) is 4.87. The second-order valence-electron chi connectivity index (χ2n) is 5.44. The normalized spacial score (nSPS) is 27.7. The van der Waals surface area contributed by atoms with Crippen molar-refractivity contribution in [2.24, 2.45) is 5.92 Å². The minimum absolute atomic E-state index is 0.563. The highest BCUT2D eigenvalue weighted by Crippen LogP contribution is 2.42. The summed E-state index contributed by atoms with van der Waals surface area (Å²) in [5, 5.41) is 15.7. The molecule has 0 amide bonds. The van der Waals surface area contributed by atoms with Crippen LogP contribution in [0.1, 0.15) is 44.7 Å². The lowest BCUT2D eigenvalue weighted by Crippen LogP contribution is -2.34. The zero-order valence-corrected chi connectivity index (χ0v) is 12.5. The number of methoxy groups -OCH3 is 1. The van der Waals surface area contributed by atoms with Crippen LogP contribution in [0.25, 0.3) is 0 Å². The van der Waals surface area contributed by atoms with Gasteiger partial charge in [-0.25, -0.2) is 0 Å². The SMILES string of the molecule is CCC1CCC(O)(c2c(Cl)cnn2CCOC)CC1. The summed E-state index contributed by atoms with van der Waals surface area (Å²) >= 11 is 6.23. The van der Waals surface area contributed by atoms with Gasteiger partial charge in [-0.1, -0.05) is 24.9 Å². The molecule has 1 aromatic heterocycles. The largest absolute Gasteiger partial charge is 0.384 e. The molecule has 0 unspecified atom stereocenters. The topological polar surface area (TPSA) is 47.3 Å². The lowest BCUT2D eigenvalue weighted by atomic mass is 9.76. The molecule has 0 spiro atoms. The van der Waals surface area contributed by atoms with Crippen LogP contribution < -0.4 is 0 Å². The molecule has 2 rings (SSSR count). The van der Waals surface area contributed by atoms with Gasteiger partial charge in [0, 0.05) is 7.11 Å². The van der Waals surface area contributed by atoms with Gasteiger partial charge in [-0.3, -0.25) is 4.68 Å². The first kappa shape index (κ1) is 14.8. The first-order chi connectivity index (χ1) is 9.10. The van der Waals surface area contributed by atoms with Crippen molar-refractivity contribution in [3.63, 3.8) is 0 Å². The maximum Gasteiger partial charge on any atom is 0.108 e. The first-order valence-electron chi connectivity index (χ1n) is 7.04. The molecule has 1 aromatic rings. The molecule has 4 nitrogen and oxygen atoms in total. The summed E-state index contributed by atoms with van der Waals surface area (Å²) in [5.41, 5.74) is -0.0618. The van der Waals surface area contributed by atoms with Crippen LogP contribution in [0, 0.1) is 5.92 Å². The second-order valence-corrected chi connectivity index (χ2v) is 5.85. The zero-order chi connectivity index (χ0) is 13.9. The smallest absolute Gasteiger partial charge is 0.108 e. The summed E-state index contributed by atoms with van der Waals surface area (Å²) in [7, 11) is 1.66. The van der Waals surface area contributed by atoms with E-state index in [4.69, 9.17) is 16.3 Å². The second kappa shape index (κ2) is 6.25. The van der Waals surface area contributed by atoms with Crippen molar-refractivity contribution in [2.45, 2.75) is 51.2 Å². The van der Waals surface area contributed by atoms with Gasteiger partial charge in [0.1, 0.15) is 5.60 Å². The molecule has 1 N–H and O–H groups in total. The van der Waals surface area contributed by atoms with E-state index in [1.54, 1.807) is 18.0 Å². The van der Waals surface area contributed by atoms with Crippen molar-refractivity contribution in [2.75, 3.05) is 13.7 Å². The van der Waals surface area contributed by atoms with Gasteiger partial charge in [-0.2, -0.15) is 5.10 Å². The first-order valence-corrected chi connectivity index (χ1v) is 7.41. The van der Waals surface area contributed by atoms with E-state index < -0.39 is 5.60 Å². The van der Waals surface area contributed by atoms with Gasteiger partial charge in [0.25, 0.3) is 0 Å². The van der Waals surface area contributed by atoms with Gasteiger partial charge in [-0.05, 0) is 31.6 Å². The highest BCUT2D eigenvalue weighted by Gasteiger charge is 2.38. The van der Waals surface area contributed by atoms with Crippen molar-refractivity contribution < 1.29 is 9.84 Å². The third-order valence-corrected chi connectivity index (χ3v) is 4.53. The quantitative estimate of drug-likeness (QED) is 0.905. The number of halogens is 1. The third-order valence-electron chi connectivity index (χ3n) is 4.25. The standard InChI is InChI=1S/C14H23ClN2O2/c1-3-11-4-6-14(18,7-5-11)13-12(15)10-16-17(13)8-9-19-2/h10-11,18H,3-9H2,1-2H3. The predicted molar refractivity (Wildman–Crippen MR) is 75.3 cm³/mol. The minimum Gasteiger partial charge on any atom is -0.384 e. The van der Waals surface area contributed by atoms with Gasteiger partial charge in [-0.15, -0.1) is 0 Å². The highest BCUT2D eigenvalue weighted by atomic mass is 35.5. The molecule has 0 radical (unpaired) electrons. The molecule has 1 aliphatic rings. The molecule has 0 saturated heterocycles. The van der Waals surface area contributed by atoms with Crippen molar-refractivity contribution in [1.29, 1.82) is 0 Å². The Balaban J connectivity index is 2.18. The summed E-state index contributed by atoms with van der Waals surface area (Å²) in [6, 6.07) is 0. The molecule has 1 heterocycles. The average molecular weight is 287 g/mol. The Morgan fingerprint density at radius 1 is 1.53 bits per heavy atom. The Morgan fingerprint density at radius 3 is 2.79 bits per heavy atom. The number of hydrogen-bond acceptors (Lipinski definition) is 3. The summed E-state index contributed by atoms with van der Waals surface area (Å²) in [6.07, 6.45) is 6.45. The van der Waals surface area contributed by atoms with Gasteiger partial charge in [0.2, 0.25) is 0 Å². The Labute approximate surface area is 119 Å². The van der Waals surface area contributed by atoms with Crippen LogP contribution in [0.3, 0.4) is 0 Å². The fourth-order valence-corrected chi connectivity index (χ4v) is 3.29. The lowest BCUT2D eigenvalue weighted by molar-refractivity contribution is -0.0227. The van der Waals surface area contributed by atoms with Crippen LogP contribution in [-0.2, 0) is 16.9 Å². The van der Waals surface area contributed by atoms with Crippen molar-refractivity contribution in [3.05, 3.63) is 16.9 Å². The number of rotatable bonds is 5. The van der Waals surface area contributed by atoms with E-state index in [1.165, 1.54) is 6.42 Å². The van der Waals surface area contributed by atoms with Crippen molar-refractivity contribution >= 4 is 11.6 Å². The van der Waals surface area contributed by atoms with Crippen molar-refractivity contribution in [1.82, 2.24) is 9.78 Å². The summed E-state index contributed by atoms with van der Waals surface area (Å²) < 4.78 is 6.87. The van der Waals surface area contributed by atoms with E-state index in [9.17, 15) is 5.11 Å². The molecular formula is C14H23ClN2O2. The third kappa shape index (κ3) is 3.12. The summed E-state index contributed by atoms with van der Waals surface area (Å²) in [5.74, 6) is 0.731. The number of aromatic nitrogens is 2. The van der Waals surface area contributed by atoms with E-state index >= 15 is 0 Å². The highest BCUT2D eigenvalue weighted by molar-refractivity contribution is 6.31. The molecule has 0 aromatic carbocycles. The molecule has 1 fully saturated rings. The summed E-state index contributed by atoms with van der Waals surface area (Å²) in [4.78, 5) is 0. The lowest BCUT2D eigenvalue weighted by Gasteiger charge is -2.36. The van der Waals surface area contributed by atoms with Gasteiger partial charge >= 0.3 is 0 Å². The van der Waals surface area contributed by atoms with Gasteiger partial charge in [0.05, 0.1) is 30.1 Å². The molecule has 1 saturated carbocycles. The van der Waals surface area contributed by atoms with E-state index in [1.807, 2.05) is 0 Å². The van der Waals surface area contributed by atoms with Crippen molar-refractivity contribution in [3.8, 4) is 0 Å². The Bertz CT molecular complexity index is 412. The Hall–Kier alpha value is -0.580. The van der Waals surface area contributed by atoms with Gasteiger partial charge in [0.15, 0.2) is 0 Å².